The second-order valence-electron chi connectivity index (χ2n) is 10.7. The Kier molecular flexibility index (Phi) is 8.04. The highest BCUT2D eigenvalue weighted by Crippen LogP contribution is 2.44. The van der Waals surface area contributed by atoms with Crippen LogP contribution in [0.1, 0.15) is 55.4 Å². The molecule has 0 fully saturated rings. The van der Waals surface area contributed by atoms with Gasteiger partial charge in [-0.3, -0.25) is 4.90 Å². The maximum Gasteiger partial charge on any atom is 0.416 e. The Labute approximate surface area is 226 Å². The standard InChI is InChI=1S/C31H32F3NO4/c1-30(2,3)39-28(36)27(18-17-20-11-5-10-16-26(20)31(32,33)34)35(4)29(37)38-19-25-23-14-8-6-12-21(23)22-13-7-9-15-24(22)25/h5-16,25,27H,17-19H2,1-4H3. The van der Waals surface area contributed by atoms with E-state index in [2.05, 4.69) is 0 Å². The quantitative estimate of drug-likeness (QED) is 0.297. The molecule has 5 nitrogen and oxygen atoms in total. The fraction of sp³-hybridized carbons (Fsp3) is 0.355. The number of hydrogen-bond donors (Lipinski definition) is 0. The zero-order valence-corrected chi connectivity index (χ0v) is 22.4. The molecule has 1 amide bonds. The van der Waals surface area contributed by atoms with E-state index in [1.807, 2.05) is 48.5 Å². The Hall–Kier alpha value is -3.81. The fourth-order valence-electron chi connectivity index (χ4n) is 4.97. The molecule has 1 atom stereocenters. The first-order valence-corrected chi connectivity index (χ1v) is 12.8. The molecule has 206 valence electrons. The fourth-order valence-corrected chi connectivity index (χ4v) is 4.97. The molecule has 0 N–H and O–H groups in total. The lowest BCUT2D eigenvalue weighted by Gasteiger charge is -2.30. The van der Waals surface area contributed by atoms with Crippen LogP contribution in [0.4, 0.5) is 18.0 Å². The van der Waals surface area contributed by atoms with Gasteiger partial charge in [-0.25, -0.2) is 9.59 Å². The number of aryl methyl sites for hydroxylation is 1. The van der Waals surface area contributed by atoms with E-state index in [1.54, 1.807) is 20.8 Å². The van der Waals surface area contributed by atoms with Crippen LogP contribution < -0.4 is 0 Å². The Bertz CT molecular complexity index is 1300. The molecular weight excluding hydrogens is 507 g/mol. The second-order valence-corrected chi connectivity index (χ2v) is 10.7. The molecular formula is C31H32F3NO4. The summed E-state index contributed by atoms with van der Waals surface area (Å²) < 4.78 is 51.8. The van der Waals surface area contributed by atoms with Gasteiger partial charge in [-0.2, -0.15) is 13.2 Å². The predicted octanol–water partition coefficient (Wildman–Crippen LogP) is 7.23. The van der Waals surface area contributed by atoms with E-state index in [0.717, 1.165) is 33.2 Å². The van der Waals surface area contributed by atoms with E-state index >= 15 is 0 Å². The zero-order chi connectivity index (χ0) is 28.4. The Balaban J connectivity index is 1.51. The molecule has 39 heavy (non-hydrogen) atoms. The van der Waals surface area contributed by atoms with Crippen molar-refractivity contribution in [3.8, 4) is 11.1 Å². The summed E-state index contributed by atoms with van der Waals surface area (Å²) in [5, 5.41) is 0. The average molecular weight is 540 g/mol. The molecule has 8 heteroatoms. The Morgan fingerprint density at radius 1 is 0.872 bits per heavy atom. The van der Waals surface area contributed by atoms with Gasteiger partial charge in [0, 0.05) is 13.0 Å². The van der Waals surface area contributed by atoms with Crippen molar-refractivity contribution in [3.63, 3.8) is 0 Å². The van der Waals surface area contributed by atoms with Crippen LogP contribution in [-0.2, 0) is 26.9 Å². The number of likely N-dealkylation sites (N-methyl/N-ethyl adjacent to an activating group) is 1. The first-order chi connectivity index (χ1) is 18.4. The molecule has 0 aliphatic heterocycles. The molecule has 0 saturated heterocycles. The minimum absolute atomic E-state index is 0.0412. The number of esters is 1. The van der Waals surface area contributed by atoms with E-state index in [-0.39, 0.29) is 30.9 Å². The maximum atomic E-state index is 13.5. The number of halogens is 3. The normalized spacial score (nSPS) is 13.8. The van der Waals surface area contributed by atoms with E-state index in [4.69, 9.17) is 9.47 Å². The highest BCUT2D eigenvalue weighted by atomic mass is 19.4. The predicted molar refractivity (Wildman–Crippen MR) is 142 cm³/mol. The molecule has 4 rings (SSSR count). The maximum absolute atomic E-state index is 13.5. The number of benzene rings is 3. The van der Waals surface area contributed by atoms with Crippen LogP contribution in [0.25, 0.3) is 11.1 Å². The van der Waals surface area contributed by atoms with Crippen molar-refractivity contribution in [2.45, 2.75) is 57.3 Å². The molecule has 0 spiro atoms. The minimum Gasteiger partial charge on any atom is -0.458 e. The van der Waals surface area contributed by atoms with Crippen LogP contribution in [0.3, 0.4) is 0 Å². The van der Waals surface area contributed by atoms with Crippen molar-refractivity contribution < 1.29 is 32.2 Å². The van der Waals surface area contributed by atoms with Crippen molar-refractivity contribution >= 4 is 12.1 Å². The first kappa shape index (κ1) is 28.2. The lowest BCUT2D eigenvalue weighted by atomic mass is 9.98. The number of carbonyl (C=O) groups is 2. The van der Waals surface area contributed by atoms with Crippen LogP contribution in [0.5, 0.6) is 0 Å². The van der Waals surface area contributed by atoms with Crippen molar-refractivity contribution in [1.82, 2.24) is 4.90 Å². The highest BCUT2D eigenvalue weighted by Gasteiger charge is 2.36. The van der Waals surface area contributed by atoms with Crippen LogP contribution in [-0.4, -0.2) is 42.3 Å². The summed E-state index contributed by atoms with van der Waals surface area (Å²) in [5.41, 5.74) is 2.68. The number of rotatable bonds is 7. The summed E-state index contributed by atoms with van der Waals surface area (Å²) in [6.45, 7) is 5.12. The monoisotopic (exact) mass is 539 g/mol. The molecule has 0 bridgehead atoms. The molecule has 1 aliphatic rings. The van der Waals surface area contributed by atoms with Gasteiger partial charge in [-0.15, -0.1) is 0 Å². The SMILES string of the molecule is CN(C(=O)OCC1c2ccccc2-c2ccccc21)C(CCc1ccccc1C(F)(F)F)C(=O)OC(C)(C)C. The lowest BCUT2D eigenvalue weighted by Crippen LogP contribution is -2.46. The molecule has 1 aliphatic carbocycles. The lowest BCUT2D eigenvalue weighted by molar-refractivity contribution is -0.160. The largest absolute Gasteiger partial charge is 0.458 e. The van der Waals surface area contributed by atoms with Crippen molar-refractivity contribution in [3.05, 3.63) is 95.1 Å². The molecule has 0 heterocycles. The van der Waals surface area contributed by atoms with Gasteiger partial charge in [0.15, 0.2) is 0 Å². The van der Waals surface area contributed by atoms with Gasteiger partial charge in [-0.05, 0) is 67.5 Å². The van der Waals surface area contributed by atoms with Crippen LogP contribution >= 0.6 is 0 Å². The van der Waals surface area contributed by atoms with Gasteiger partial charge < -0.3 is 9.47 Å². The summed E-state index contributed by atoms with van der Waals surface area (Å²) in [5.74, 6) is -0.878. The molecule has 1 unspecified atom stereocenters. The van der Waals surface area contributed by atoms with E-state index < -0.39 is 35.4 Å². The summed E-state index contributed by atoms with van der Waals surface area (Å²) in [4.78, 5) is 27.4. The smallest absolute Gasteiger partial charge is 0.416 e. The zero-order valence-electron chi connectivity index (χ0n) is 22.4. The van der Waals surface area contributed by atoms with Gasteiger partial charge in [0.2, 0.25) is 0 Å². The molecule has 0 aromatic heterocycles. The van der Waals surface area contributed by atoms with Crippen LogP contribution in [0, 0.1) is 0 Å². The molecule has 0 saturated carbocycles. The van der Waals surface area contributed by atoms with Gasteiger partial charge in [-0.1, -0.05) is 66.7 Å². The van der Waals surface area contributed by atoms with Crippen LogP contribution in [0.15, 0.2) is 72.8 Å². The van der Waals surface area contributed by atoms with Gasteiger partial charge in [0.25, 0.3) is 0 Å². The van der Waals surface area contributed by atoms with E-state index in [1.165, 1.54) is 25.2 Å². The van der Waals surface area contributed by atoms with Crippen molar-refractivity contribution in [1.29, 1.82) is 0 Å². The number of ether oxygens (including phenoxy) is 2. The van der Waals surface area contributed by atoms with E-state index in [0.29, 0.717) is 0 Å². The van der Waals surface area contributed by atoms with E-state index in [9.17, 15) is 22.8 Å². The van der Waals surface area contributed by atoms with Crippen molar-refractivity contribution in [2.24, 2.45) is 0 Å². The number of carbonyl (C=O) groups excluding carboxylic acids is 2. The Morgan fingerprint density at radius 3 is 1.97 bits per heavy atom. The summed E-state index contributed by atoms with van der Waals surface area (Å²) in [6.07, 6.45) is -5.43. The third-order valence-corrected chi connectivity index (χ3v) is 6.78. The number of nitrogens with zero attached hydrogens (tertiary/aromatic N) is 1. The molecule has 0 radical (unpaired) electrons. The molecule has 3 aromatic carbocycles. The number of alkyl halides is 3. The van der Waals surface area contributed by atoms with Gasteiger partial charge in [0.1, 0.15) is 18.2 Å². The van der Waals surface area contributed by atoms with Gasteiger partial charge >= 0.3 is 18.2 Å². The summed E-state index contributed by atoms with van der Waals surface area (Å²) in [7, 11) is 1.41. The average Bonchev–Trinajstić information content (AvgIpc) is 3.19. The third-order valence-electron chi connectivity index (χ3n) is 6.78. The topological polar surface area (TPSA) is 55.8 Å². The number of amides is 1. The Morgan fingerprint density at radius 2 is 1.41 bits per heavy atom. The van der Waals surface area contributed by atoms with Crippen LogP contribution in [0.2, 0.25) is 0 Å². The minimum atomic E-state index is -4.53. The number of hydrogen-bond acceptors (Lipinski definition) is 4. The van der Waals surface area contributed by atoms with Gasteiger partial charge in [0.05, 0.1) is 5.56 Å². The number of fused-ring (bicyclic) bond motifs is 3. The summed E-state index contributed by atoms with van der Waals surface area (Å²) in [6, 6.07) is 19.9. The second kappa shape index (κ2) is 11.1. The first-order valence-electron chi connectivity index (χ1n) is 12.8. The molecule has 3 aromatic rings. The van der Waals surface area contributed by atoms with Crippen molar-refractivity contribution in [2.75, 3.05) is 13.7 Å². The third kappa shape index (κ3) is 6.44. The highest BCUT2D eigenvalue weighted by molar-refractivity contribution is 5.82. The summed E-state index contributed by atoms with van der Waals surface area (Å²) >= 11 is 0.